The molecule has 3 atom stereocenters. The highest BCUT2D eigenvalue weighted by Crippen LogP contribution is 2.39. The number of carbonyl (C=O) groups is 3. The van der Waals surface area contributed by atoms with E-state index in [1.54, 1.807) is 29.2 Å². The number of carbonyl (C=O) groups excluding carboxylic acids is 2. The summed E-state index contributed by atoms with van der Waals surface area (Å²) in [7, 11) is 0. The molecule has 2 amide bonds. The largest absolute Gasteiger partial charge is 0.481 e. The molecular formula is C34H38N2O6. The van der Waals surface area contributed by atoms with Crippen LogP contribution in [-0.4, -0.2) is 45.7 Å². The van der Waals surface area contributed by atoms with Crippen molar-refractivity contribution >= 4 is 18.0 Å². The zero-order valence-corrected chi connectivity index (χ0v) is 23.7. The molecule has 2 saturated carbocycles. The molecule has 0 heterocycles. The maximum atomic E-state index is 13.4. The SMILES string of the molecule is O=C(O)Cc1ccccc1OC(=O)N(Cc1ccc([C@H]2CCCC[C@@H]2C(=O)N[C@@H](CO)c2ccccc2)cc1)C1CC1. The van der Waals surface area contributed by atoms with Crippen LogP contribution in [0.1, 0.15) is 72.7 Å². The average Bonchev–Trinajstić information content (AvgIpc) is 3.85. The summed E-state index contributed by atoms with van der Waals surface area (Å²) in [6, 6.07) is 24.1. The van der Waals surface area contributed by atoms with Gasteiger partial charge in [-0.25, -0.2) is 4.79 Å². The number of carboxylic acid groups (broad SMARTS) is 1. The highest BCUT2D eigenvalue weighted by atomic mass is 16.6. The first-order valence-electron chi connectivity index (χ1n) is 14.8. The van der Waals surface area contributed by atoms with Gasteiger partial charge in [-0.15, -0.1) is 0 Å². The van der Waals surface area contributed by atoms with Gasteiger partial charge in [-0.05, 0) is 54.4 Å². The highest BCUT2D eigenvalue weighted by Gasteiger charge is 2.35. The third kappa shape index (κ3) is 7.36. The molecule has 0 saturated heterocycles. The topological polar surface area (TPSA) is 116 Å². The lowest BCUT2D eigenvalue weighted by Gasteiger charge is -2.32. The van der Waals surface area contributed by atoms with Gasteiger partial charge in [0.05, 0.1) is 19.1 Å². The molecule has 8 nitrogen and oxygen atoms in total. The zero-order chi connectivity index (χ0) is 29.5. The fourth-order valence-corrected chi connectivity index (χ4v) is 5.90. The molecule has 3 N–H and O–H groups in total. The Kier molecular flexibility index (Phi) is 9.54. The van der Waals surface area contributed by atoms with E-state index >= 15 is 0 Å². The number of hydrogen-bond acceptors (Lipinski definition) is 5. The lowest BCUT2D eigenvalue weighted by molar-refractivity contribution is -0.136. The fraction of sp³-hybridized carbons (Fsp3) is 0.382. The number of aliphatic carboxylic acids is 1. The van der Waals surface area contributed by atoms with Crippen molar-refractivity contribution in [3.63, 3.8) is 0 Å². The maximum absolute atomic E-state index is 13.4. The van der Waals surface area contributed by atoms with Crippen LogP contribution in [0.15, 0.2) is 78.9 Å². The molecule has 42 heavy (non-hydrogen) atoms. The Morgan fingerprint density at radius 3 is 2.26 bits per heavy atom. The van der Waals surface area contributed by atoms with Crippen LogP contribution in [0.5, 0.6) is 5.75 Å². The summed E-state index contributed by atoms with van der Waals surface area (Å²) in [6.45, 7) is 0.224. The van der Waals surface area contributed by atoms with Gasteiger partial charge in [0.2, 0.25) is 5.91 Å². The van der Waals surface area contributed by atoms with Crippen molar-refractivity contribution < 1.29 is 29.3 Å². The third-order valence-electron chi connectivity index (χ3n) is 8.30. The Hall–Kier alpha value is -4.17. The maximum Gasteiger partial charge on any atom is 0.415 e. The van der Waals surface area contributed by atoms with Gasteiger partial charge in [0.15, 0.2) is 0 Å². The van der Waals surface area contributed by atoms with Crippen molar-refractivity contribution in [1.82, 2.24) is 10.2 Å². The van der Waals surface area contributed by atoms with E-state index in [1.807, 2.05) is 42.5 Å². The number of amides is 2. The molecule has 3 aromatic carbocycles. The number of carboxylic acids is 1. The van der Waals surface area contributed by atoms with Crippen molar-refractivity contribution in [3.05, 3.63) is 101 Å². The molecule has 0 aromatic heterocycles. The molecule has 2 aliphatic rings. The van der Waals surface area contributed by atoms with E-state index in [-0.39, 0.29) is 42.6 Å². The minimum absolute atomic E-state index is 0.0301. The minimum Gasteiger partial charge on any atom is -0.481 e. The van der Waals surface area contributed by atoms with Gasteiger partial charge in [-0.1, -0.05) is 85.6 Å². The predicted octanol–water partition coefficient (Wildman–Crippen LogP) is 5.60. The first-order valence-corrected chi connectivity index (χ1v) is 14.8. The second-order valence-electron chi connectivity index (χ2n) is 11.3. The van der Waals surface area contributed by atoms with Gasteiger partial charge < -0.3 is 25.2 Å². The molecule has 220 valence electrons. The Labute approximate surface area is 246 Å². The van der Waals surface area contributed by atoms with Crippen LogP contribution < -0.4 is 10.1 Å². The van der Waals surface area contributed by atoms with Crippen molar-refractivity contribution in [2.75, 3.05) is 6.61 Å². The zero-order valence-electron chi connectivity index (χ0n) is 23.7. The van der Waals surface area contributed by atoms with E-state index in [0.29, 0.717) is 12.1 Å². The fourth-order valence-electron chi connectivity index (χ4n) is 5.90. The number of aliphatic hydroxyl groups is 1. The minimum atomic E-state index is -0.986. The van der Waals surface area contributed by atoms with Crippen LogP contribution in [0, 0.1) is 5.92 Å². The number of hydrogen-bond donors (Lipinski definition) is 3. The smallest absolute Gasteiger partial charge is 0.415 e. The van der Waals surface area contributed by atoms with Crippen LogP contribution in [0.3, 0.4) is 0 Å². The summed E-state index contributed by atoms with van der Waals surface area (Å²) < 4.78 is 5.68. The first-order chi connectivity index (χ1) is 20.4. The highest BCUT2D eigenvalue weighted by molar-refractivity contribution is 5.80. The van der Waals surface area contributed by atoms with Crippen molar-refractivity contribution in [1.29, 1.82) is 0 Å². The molecule has 2 aliphatic carbocycles. The number of nitrogens with one attached hydrogen (secondary N) is 1. The summed E-state index contributed by atoms with van der Waals surface area (Å²) in [4.78, 5) is 39.5. The molecule has 3 aromatic rings. The average molecular weight is 571 g/mol. The van der Waals surface area contributed by atoms with E-state index in [4.69, 9.17) is 4.74 Å². The van der Waals surface area contributed by atoms with Crippen LogP contribution in [0.25, 0.3) is 0 Å². The normalized spacial score (nSPS) is 19.0. The van der Waals surface area contributed by atoms with Gasteiger partial charge >= 0.3 is 12.1 Å². The van der Waals surface area contributed by atoms with Crippen molar-refractivity contribution in [3.8, 4) is 5.75 Å². The van der Waals surface area contributed by atoms with Crippen LogP contribution in [0.4, 0.5) is 4.79 Å². The number of ether oxygens (including phenoxy) is 1. The van der Waals surface area contributed by atoms with Crippen LogP contribution in [-0.2, 0) is 22.6 Å². The standard InChI is InChI=1S/C34H38N2O6/c37-22-30(25-8-2-1-3-9-25)35-33(40)29-12-6-5-11-28(29)24-16-14-23(15-17-24)21-36(27-18-19-27)34(41)42-31-13-7-4-10-26(31)20-32(38)39/h1-4,7-10,13-17,27-30,37H,5-6,11-12,18-22H2,(H,35,40)(H,38,39)/t28-,29+,30+/m1/s1. The van der Waals surface area contributed by atoms with E-state index in [0.717, 1.165) is 55.2 Å². The summed E-state index contributed by atoms with van der Waals surface area (Å²) in [5, 5.41) is 22.2. The van der Waals surface area contributed by atoms with E-state index in [9.17, 15) is 24.6 Å². The lowest BCUT2D eigenvalue weighted by atomic mass is 9.74. The molecule has 0 bridgehead atoms. The molecule has 8 heteroatoms. The molecule has 0 aliphatic heterocycles. The summed E-state index contributed by atoms with van der Waals surface area (Å²) in [6.07, 6.45) is 4.88. The summed E-state index contributed by atoms with van der Waals surface area (Å²) in [5.41, 5.74) is 3.40. The van der Waals surface area contributed by atoms with Gasteiger partial charge in [-0.2, -0.15) is 0 Å². The first kappa shape index (κ1) is 29.3. The predicted molar refractivity (Wildman–Crippen MR) is 158 cm³/mol. The Morgan fingerprint density at radius 2 is 1.57 bits per heavy atom. The number of para-hydroxylation sites is 1. The summed E-state index contributed by atoms with van der Waals surface area (Å²) >= 11 is 0. The molecule has 0 unspecified atom stereocenters. The number of rotatable bonds is 11. The van der Waals surface area contributed by atoms with Crippen molar-refractivity contribution in [2.45, 2.75) is 69.5 Å². The van der Waals surface area contributed by atoms with Crippen LogP contribution in [0.2, 0.25) is 0 Å². The lowest BCUT2D eigenvalue weighted by Crippen LogP contribution is -2.39. The van der Waals surface area contributed by atoms with E-state index in [1.165, 1.54) is 0 Å². The van der Waals surface area contributed by atoms with Crippen molar-refractivity contribution in [2.24, 2.45) is 5.92 Å². The Balaban J connectivity index is 1.25. The van der Waals surface area contributed by atoms with Crippen LogP contribution >= 0.6 is 0 Å². The summed E-state index contributed by atoms with van der Waals surface area (Å²) in [5.74, 6) is -0.843. The monoisotopic (exact) mass is 570 g/mol. The molecule has 0 spiro atoms. The number of nitrogens with zero attached hydrogens (tertiary/aromatic N) is 1. The number of aliphatic hydroxyl groups excluding tert-OH is 1. The quantitative estimate of drug-likeness (QED) is 0.276. The van der Waals surface area contributed by atoms with Gasteiger partial charge in [-0.3, -0.25) is 9.59 Å². The second kappa shape index (κ2) is 13.7. The van der Waals surface area contributed by atoms with E-state index < -0.39 is 18.1 Å². The van der Waals surface area contributed by atoms with Gasteiger partial charge in [0.1, 0.15) is 5.75 Å². The molecule has 0 radical (unpaired) electrons. The molecular weight excluding hydrogens is 532 g/mol. The van der Waals surface area contributed by atoms with Gasteiger partial charge in [0, 0.05) is 24.1 Å². The second-order valence-corrected chi connectivity index (χ2v) is 11.3. The third-order valence-corrected chi connectivity index (χ3v) is 8.30. The van der Waals surface area contributed by atoms with E-state index in [2.05, 4.69) is 17.4 Å². The Bertz CT molecular complexity index is 1370. The number of benzene rings is 3. The van der Waals surface area contributed by atoms with Gasteiger partial charge in [0.25, 0.3) is 0 Å². The molecule has 5 rings (SSSR count). The molecule has 2 fully saturated rings. The Morgan fingerprint density at radius 1 is 0.881 bits per heavy atom.